The van der Waals surface area contributed by atoms with Crippen LogP contribution < -0.4 is 0 Å². The highest BCUT2D eigenvalue weighted by Crippen LogP contribution is 2.49. The largest absolute Gasteiger partial charge is 0.319 e. The summed E-state index contributed by atoms with van der Waals surface area (Å²) in [6, 6.07) is 0. The minimum absolute atomic E-state index is 0.304. The second-order valence-corrected chi connectivity index (χ2v) is 4.97. The number of nitrogens with zero attached hydrogens (tertiary/aromatic N) is 1. The van der Waals surface area contributed by atoms with Crippen molar-refractivity contribution in [1.29, 1.82) is 0 Å². The normalized spacial score (nSPS) is 38.8. The van der Waals surface area contributed by atoms with Crippen LogP contribution in [-0.4, -0.2) is 30.5 Å². The summed E-state index contributed by atoms with van der Waals surface area (Å²) in [4.78, 5) is 0. The molecule has 12 heavy (non-hydrogen) atoms. The van der Waals surface area contributed by atoms with E-state index < -0.39 is 8.53 Å². The van der Waals surface area contributed by atoms with Gasteiger partial charge >= 0.3 is 0 Å². The molecule has 2 heterocycles. The molecule has 2 atom stereocenters. The molecule has 2 saturated heterocycles. The van der Waals surface area contributed by atoms with Crippen molar-refractivity contribution in [2.24, 2.45) is 0 Å². The van der Waals surface area contributed by atoms with E-state index in [9.17, 15) is 0 Å². The smallest absolute Gasteiger partial charge is 0.259 e. The van der Waals surface area contributed by atoms with E-state index in [0.29, 0.717) is 6.10 Å². The quantitative estimate of drug-likeness (QED) is 0.590. The average Bonchev–Trinajstić information content (AvgIpc) is 2.54. The van der Waals surface area contributed by atoms with Crippen LogP contribution in [-0.2, 0) is 9.05 Å². The highest BCUT2D eigenvalue weighted by Gasteiger charge is 2.30. The molecule has 0 aromatic heterocycles. The number of hydrogen-bond acceptors (Lipinski definition) is 3. The summed E-state index contributed by atoms with van der Waals surface area (Å²) in [6.07, 6.45) is 4.28. The Morgan fingerprint density at radius 1 is 1.25 bits per heavy atom. The zero-order chi connectivity index (χ0) is 8.39. The van der Waals surface area contributed by atoms with Crippen molar-refractivity contribution >= 4 is 8.53 Å². The number of hydrogen-bond donors (Lipinski definition) is 0. The molecule has 3 nitrogen and oxygen atoms in total. The summed E-state index contributed by atoms with van der Waals surface area (Å²) in [5.41, 5.74) is 0. The summed E-state index contributed by atoms with van der Waals surface area (Å²) in [7, 11) is -0.669. The van der Waals surface area contributed by atoms with Crippen molar-refractivity contribution in [1.82, 2.24) is 4.67 Å². The Labute approximate surface area is 75.0 Å². The van der Waals surface area contributed by atoms with Gasteiger partial charge in [-0.05, 0) is 19.8 Å². The van der Waals surface area contributed by atoms with Crippen LogP contribution in [0.3, 0.4) is 0 Å². The average molecular weight is 189 g/mol. The molecule has 70 valence electrons. The van der Waals surface area contributed by atoms with E-state index in [2.05, 4.69) is 11.6 Å². The monoisotopic (exact) mass is 189 g/mol. The third kappa shape index (κ3) is 1.97. The summed E-state index contributed by atoms with van der Waals surface area (Å²) in [5.74, 6) is 0. The van der Waals surface area contributed by atoms with E-state index >= 15 is 0 Å². The van der Waals surface area contributed by atoms with Crippen molar-refractivity contribution in [2.75, 3.05) is 19.7 Å². The molecule has 0 aromatic carbocycles. The zero-order valence-electron chi connectivity index (χ0n) is 7.53. The maximum absolute atomic E-state index is 5.67. The molecule has 0 spiro atoms. The first-order chi connectivity index (χ1) is 5.86. The number of rotatable bonds is 1. The van der Waals surface area contributed by atoms with Crippen LogP contribution >= 0.6 is 8.53 Å². The maximum Gasteiger partial charge on any atom is 0.259 e. The minimum Gasteiger partial charge on any atom is -0.319 e. The second-order valence-electron chi connectivity index (χ2n) is 3.46. The third-order valence-corrected chi connectivity index (χ3v) is 4.03. The van der Waals surface area contributed by atoms with E-state index in [1.54, 1.807) is 0 Å². The molecular formula is C8H16NO2P. The first-order valence-electron chi connectivity index (χ1n) is 4.71. The van der Waals surface area contributed by atoms with Gasteiger partial charge in [0.05, 0.1) is 12.7 Å². The number of piperidine rings is 1. The lowest BCUT2D eigenvalue weighted by molar-refractivity contribution is 0.250. The van der Waals surface area contributed by atoms with Gasteiger partial charge in [0.15, 0.2) is 0 Å². The molecule has 2 unspecified atom stereocenters. The molecule has 2 rings (SSSR count). The Morgan fingerprint density at radius 3 is 2.58 bits per heavy atom. The van der Waals surface area contributed by atoms with Crippen LogP contribution in [0.2, 0.25) is 0 Å². The van der Waals surface area contributed by atoms with Gasteiger partial charge in [0.25, 0.3) is 8.53 Å². The van der Waals surface area contributed by atoms with E-state index in [1.807, 2.05) is 0 Å². The molecule has 2 aliphatic rings. The Balaban J connectivity index is 1.83. The summed E-state index contributed by atoms with van der Waals surface area (Å²) in [5, 5.41) is 0. The zero-order valence-corrected chi connectivity index (χ0v) is 8.43. The molecule has 0 saturated carbocycles. The van der Waals surface area contributed by atoms with Crippen LogP contribution in [0, 0.1) is 0 Å². The van der Waals surface area contributed by atoms with Gasteiger partial charge < -0.3 is 9.05 Å². The van der Waals surface area contributed by atoms with Gasteiger partial charge in [-0.2, -0.15) is 0 Å². The van der Waals surface area contributed by atoms with Crippen LogP contribution in [0.1, 0.15) is 26.2 Å². The minimum atomic E-state index is -0.669. The molecule has 4 heteroatoms. The standard InChI is InChI=1S/C8H16NO2P/c1-8-7-10-12(11-8)9-5-3-2-4-6-9/h8H,2-7H2,1H3. The van der Waals surface area contributed by atoms with Gasteiger partial charge in [-0.1, -0.05) is 6.42 Å². The van der Waals surface area contributed by atoms with E-state index in [0.717, 1.165) is 6.61 Å². The highest BCUT2D eigenvalue weighted by atomic mass is 31.2. The molecule has 0 aliphatic carbocycles. The molecule has 0 bridgehead atoms. The van der Waals surface area contributed by atoms with E-state index in [-0.39, 0.29) is 0 Å². The topological polar surface area (TPSA) is 21.7 Å². The van der Waals surface area contributed by atoms with E-state index in [1.165, 1.54) is 32.4 Å². The van der Waals surface area contributed by atoms with Crippen molar-refractivity contribution < 1.29 is 9.05 Å². The SMILES string of the molecule is CC1COP(N2CCCCC2)O1. The Hall–Kier alpha value is 0.310. The molecular weight excluding hydrogens is 173 g/mol. The van der Waals surface area contributed by atoms with Crippen LogP contribution in [0.25, 0.3) is 0 Å². The summed E-state index contributed by atoms with van der Waals surface area (Å²) < 4.78 is 13.6. The lowest BCUT2D eigenvalue weighted by atomic mass is 10.2. The Morgan fingerprint density at radius 2 is 2.00 bits per heavy atom. The lowest BCUT2D eigenvalue weighted by Crippen LogP contribution is -2.25. The summed E-state index contributed by atoms with van der Waals surface area (Å²) >= 11 is 0. The fraction of sp³-hybridized carbons (Fsp3) is 1.00. The Kier molecular flexibility index (Phi) is 2.97. The van der Waals surface area contributed by atoms with Gasteiger partial charge in [-0.25, -0.2) is 4.67 Å². The highest BCUT2D eigenvalue weighted by molar-refractivity contribution is 7.44. The Bertz CT molecular complexity index is 147. The van der Waals surface area contributed by atoms with Crippen LogP contribution in [0.5, 0.6) is 0 Å². The van der Waals surface area contributed by atoms with Crippen molar-refractivity contribution in [3.05, 3.63) is 0 Å². The van der Waals surface area contributed by atoms with Crippen molar-refractivity contribution in [3.8, 4) is 0 Å². The molecule has 0 N–H and O–H groups in total. The molecule has 0 aromatic rings. The predicted molar refractivity (Wildman–Crippen MR) is 48.8 cm³/mol. The van der Waals surface area contributed by atoms with E-state index in [4.69, 9.17) is 9.05 Å². The third-order valence-electron chi connectivity index (χ3n) is 2.25. The molecule has 2 aliphatic heterocycles. The van der Waals surface area contributed by atoms with Gasteiger partial charge in [0, 0.05) is 13.1 Å². The van der Waals surface area contributed by atoms with Crippen LogP contribution in [0.15, 0.2) is 0 Å². The van der Waals surface area contributed by atoms with Gasteiger partial charge in [0.2, 0.25) is 0 Å². The molecule has 0 amide bonds. The van der Waals surface area contributed by atoms with Gasteiger partial charge in [-0.3, -0.25) is 0 Å². The summed E-state index contributed by atoms with van der Waals surface area (Å²) in [6.45, 7) is 5.19. The predicted octanol–water partition coefficient (Wildman–Crippen LogP) is 2.13. The molecule has 2 fully saturated rings. The van der Waals surface area contributed by atoms with Gasteiger partial charge in [0.1, 0.15) is 0 Å². The van der Waals surface area contributed by atoms with Crippen molar-refractivity contribution in [3.63, 3.8) is 0 Å². The van der Waals surface area contributed by atoms with Gasteiger partial charge in [-0.15, -0.1) is 0 Å². The van der Waals surface area contributed by atoms with Crippen molar-refractivity contribution in [2.45, 2.75) is 32.3 Å². The second kappa shape index (κ2) is 4.01. The first-order valence-corrected chi connectivity index (χ1v) is 5.84. The molecule has 0 radical (unpaired) electrons. The van der Waals surface area contributed by atoms with Crippen LogP contribution in [0.4, 0.5) is 0 Å². The maximum atomic E-state index is 5.67. The fourth-order valence-corrected chi connectivity index (χ4v) is 3.25. The fourth-order valence-electron chi connectivity index (χ4n) is 1.57. The lowest BCUT2D eigenvalue weighted by Gasteiger charge is -2.28. The first kappa shape index (κ1) is 8.89.